The molecule has 0 spiro atoms. The number of hydrogen-bond acceptors (Lipinski definition) is 2. The van der Waals surface area contributed by atoms with E-state index in [4.69, 9.17) is 9.47 Å². The molecule has 0 bridgehead atoms. The molecule has 1 rings (SSSR count). The van der Waals surface area contributed by atoms with Gasteiger partial charge >= 0.3 is 0 Å². The SMILES string of the molecule is CCc1ccc(COCC(F)(F)COC(C)C)cc1. The Bertz CT molecular complexity index is 361. The maximum Gasteiger partial charge on any atom is 0.293 e. The van der Waals surface area contributed by atoms with Crippen molar-refractivity contribution in [2.45, 2.75) is 45.8 Å². The number of alkyl halides is 2. The third kappa shape index (κ3) is 6.64. The van der Waals surface area contributed by atoms with Gasteiger partial charge in [-0.3, -0.25) is 0 Å². The summed E-state index contributed by atoms with van der Waals surface area (Å²) in [4.78, 5) is 0. The number of halogens is 2. The van der Waals surface area contributed by atoms with E-state index in [2.05, 4.69) is 6.92 Å². The fourth-order valence-corrected chi connectivity index (χ4v) is 1.52. The molecule has 0 aliphatic heterocycles. The van der Waals surface area contributed by atoms with Crippen LogP contribution in [0.5, 0.6) is 0 Å². The molecule has 108 valence electrons. The van der Waals surface area contributed by atoms with Gasteiger partial charge in [0.15, 0.2) is 0 Å². The van der Waals surface area contributed by atoms with Crippen LogP contribution in [-0.2, 0) is 22.5 Å². The zero-order chi connectivity index (χ0) is 14.3. The summed E-state index contributed by atoms with van der Waals surface area (Å²) < 4.78 is 36.7. The lowest BCUT2D eigenvalue weighted by atomic mass is 10.1. The normalized spacial score (nSPS) is 12.1. The lowest BCUT2D eigenvalue weighted by molar-refractivity contribution is -0.135. The number of hydrogen-bond donors (Lipinski definition) is 0. The summed E-state index contributed by atoms with van der Waals surface area (Å²) in [6.45, 7) is 4.51. The van der Waals surface area contributed by atoms with Gasteiger partial charge in [0.25, 0.3) is 5.92 Å². The first kappa shape index (κ1) is 16.1. The van der Waals surface area contributed by atoms with E-state index in [0.29, 0.717) is 0 Å². The molecule has 0 aromatic heterocycles. The Hall–Kier alpha value is -1.00. The molecule has 1 aromatic carbocycles. The lowest BCUT2D eigenvalue weighted by Gasteiger charge is -2.18. The number of ether oxygens (including phenoxy) is 2. The molecule has 0 amide bonds. The van der Waals surface area contributed by atoms with E-state index in [0.717, 1.165) is 12.0 Å². The highest BCUT2D eigenvalue weighted by Crippen LogP contribution is 2.16. The summed E-state index contributed by atoms with van der Waals surface area (Å²) >= 11 is 0. The van der Waals surface area contributed by atoms with Crippen molar-refractivity contribution in [3.63, 3.8) is 0 Å². The highest BCUT2D eigenvalue weighted by atomic mass is 19.3. The maximum absolute atomic E-state index is 13.4. The molecule has 2 nitrogen and oxygen atoms in total. The molecule has 0 aliphatic rings. The third-order valence-electron chi connectivity index (χ3n) is 2.64. The zero-order valence-electron chi connectivity index (χ0n) is 11.8. The van der Waals surface area contributed by atoms with Gasteiger partial charge in [-0.25, -0.2) is 8.78 Å². The topological polar surface area (TPSA) is 18.5 Å². The average molecular weight is 272 g/mol. The Kier molecular flexibility index (Phi) is 6.38. The van der Waals surface area contributed by atoms with Crippen molar-refractivity contribution in [3.8, 4) is 0 Å². The van der Waals surface area contributed by atoms with Gasteiger partial charge in [0, 0.05) is 0 Å². The quantitative estimate of drug-likeness (QED) is 0.716. The van der Waals surface area contributed by atoms with Gasteiger partial charge in [0.05, 0.1) is 12.7 Å². The minimum Gasteiger partial charge on any atom is -0.372 e. The molecular weight excluding hydrogens is 250 g/mol. The Morgan fingerprint density at radius 2 is 1.63 bits per heavy atom. The first-order valence-corrected chi connectivity index (χ1v) is 6.58. The monoisotopic (exact) mass is 272 g/mol. The summed E-state index contributed by atoms with van der Waals surface area (Å²) in [5, 5.41) is 0. The highest BCUT2D eigenvalue weighted by molar-refractivity contribution is 5.21. The van der Waals surface area contributed by atoms with E-state index in [1.807, 2.05) is 24.3 Å². The minimum absolute atomic E-state index is 0.196. The molecule has 0 unspecified atom stereocenters. The summed E-state index contributed by atoms with van der Waals surface area (Å²) in [6.07, 6.45) is 0.763. The van der Waals surface area contributed by atoms with Crippen LogP contribution >= 0.6 is 0 Å². The third-order valence-corrected chi connectivity index (χ3v) is 2.64. The summed E-state index contributed by atoms with van der Waals surface area (Å²) in [7, 11) is 0. The van der Waals surface area contributed by atoms with E-state index in [1.54, 1.807) is 13.8 Å². The van der Waals surface area contributed by atoms with Crippen molar-refractivity contribution in [1.82, 2.24) is 0 Å². The first-order chi connectivity index (χ1) is 8.93. The van der Waals surface area contributed by atoms with Crippen molar-refractivity contribution in [2.24, 2.45) is 0 Å². The molecule has 0 saturated heterocycles. The van der Waals surface area contributed by atoms with Crippen LogP contribution in [0, 0.1) is 0 Å². The summed E-state index contributed by atoms with van der Waals surface area (Å²) in [6, 6.07) is 7.78. The van der Waals surface area contributed by atoms with Gasteiger partial charge < -0.3 is 9.47 Å². The van der Waals surface area contributed by atoms with E-state index >= 15 is 0 Å². The highest BCUT2D eigenvalue weighted by Gasteiger charge is 2.30. The van der Waals surface area contributed by atoms with Crippen LogP contribution in [0.2, 0.25) is 0 Å². The van der Waals surface area contributed by atoms with Gasteiger partial charge in [0.1, 0.15) is 13.2 Å². The predicted octanol–water partition coefficient (Wildman–Crippen LogP) is 3.83. The van der Waals surface area contributed by atoms with E-state index in [9.17, 15) is 8.78 Å². The van der Waals surface area contributed by atoms with Crippen molar-refractivity contribution >= 4 is 0 Å². The second-order valence-corrected chi connectivity index (χ2v) is 4.88. The van der Waals surface area contributed by atoms with Gasteiger partial charge in [-0.05, 0) is 31.4 Å². The van der Waals surface area contributed by atoms with Gasteiger partial charge in [0.2, 0.25) is 0 Å². The second kappa shape index (κ2) is 7.56. The van der Waals surface area contributed by atoms with Crippen LogP contribution in [0.25, 0.3) is 0 Å². The molecule has 4 heteroatoms. The zero-order valence-corrected chi connectivity index (χ0v) is 11.8. The molecule has 0 fully saturated rings. The van der Waals surface area contributed by atoms with Crippen LogP contribution in [0.3, 0.4) is 0 Å². The van der Waals surface area contributed by atoms with E-state index in [-0.39, 0.29) is 12.7 Å². The van der Waals surface area contributed by atoms with Crippen LogP contribution in [-0.4, -0.2) is 25.2 Å². The minimum atomic E-state index is -2.94. The predicted molar refractivity (Wildman–Crippen MR) is 71.5 cm³/mol. The molecule has 0 atom stereocenters. The Morgan fingerprint density at radius 3 is 2.16 bits per heavy atom. The Balaban J connectivity index is 2.31. The van der Waals surface area contributed by atoms with Gasteiger partial charge in [-0.15, -0.1) is 0 Å². The maximum atomic E-state index is 13.4. The molecule has 19 heavy (non-hydrogen) atoms. The largest absolute Gasteiger partial charge is 0.372 e. The molecule has 0 aliphatic carbocycles. The van der Waals surface area contributed by atoms with Gasteiger partial charge in [-0.2, -0.15) is 0 Å². The van der Waals surface area contributed by atoms with Gasteiger partial charge in [-0.1, -0.05) is 31.2 Å². The second-order valence-electron chi connectivity index (χ2n) is 4.88. The van der Waals surface area contributed by atoms with E-state index < -0.39 is 19.1 Å². The molecule has 0 N–H and O–H groups in total. The summed E-state index contributed by atoms with van der Waals surface area (Å²) in [5.74, 6) is -2.94. The fraction of sp³-hybridized carbons (Fsp3) is 0.600. The van der Waals surface area contributed by atoms with Crippen LogP contribution < -0.4 is 0 Å². The first-order valence-electron chi connectivity index (χ1n) is 6.58. The average Bonchev–Trinajstić information content (AvgIpc) is 2.37. The number of rotatable bonds is 8. The van der Waals surface area contributed by atoms with Crippen LogP contribution in [0.15, 0.2) is 24.3 Å². The van der Waals surface area contributed by atoms with Crippen molar-refractivity contribution in [3.05, 3.63) is 35.4 Å². The number of aryl methyl sites for hydroxylation is 1. The van der Waals surface area contributed by atoms with Crippen molar-refractivity contribution in [1.29, 1.82) is 0 Å². The molecule has 0 saturated carbocycles. The van der Waals surface area contributed by atoms with Crippen LogP contribution in [0.1, 0.15) is 31.9 Å². The van der Waals surface area contributed by atoms with Crippen molar-refractivity contribution in [2.75, 3.05) is 13.2 Å². The fourth-order valence-electron chi connectivity index (χ4n) is 1.52. The Labute approximate surface area is 113 Å². The van der Waals surface area contributed by atoms with E-state index in [1.165, 1.54) is 5.56 Å². The standard InChI is InChI=1S/C15H22F2O2/c1-4-13-5-7-14(8-6-13)9-18-10-15(16,17)11-19-12(2)3/h5-8,12H,4,9-11H2,1-3H3. The summed E-state index contributed by atoms with van der Waals surface area (Å²) in [5.41, 5.74) is 2.12. The molecule has 0 heterocycles. The molecular formula is C15H22F2O2. The Morgan fingerprint density at radius 1 is 1.05 bits per heavy atom. The van der Waals surface area contributed by atoms with Crippen molar-refractivity contribution < 1.29 is 18.3 Å². The lowest BCUT2D eigenvalue weighted by Crippen LogP contribution is -2.31. The number of benzene rings is 1. The molecule has 1 aromatic rings. The van der Waals surface area contributed by atoms with Crippen LogP contribution in [0.4, 0.5) is 8.78 Å². The molecule has 0 radical (unpaired) electrons. The smallest absolute Gasteiger partial charge is 0.293 e.